The lowest BCUT2D eigenvalue weighted by molar-refractivity contribution is 0.0795. The Labute approximate surface area is 95.3 Å². The maximum absolute atomic E-state index is 11.6. The minimum absolute atomic E-state index is 0.0279. The molecule has 2 aliphatic heterocycles. The summed E-state index contributed by atoms with van der Waals surface area (Å²) in [5.74, 6) is 0. The van der Waals surface area contributed by atoms with Crippen LogP contribution in [0.4, 0.5) is 4.79 Å². The molecule has 0 radical (unpaired) electrons. The van der Waals surface area contributed by atoms with Crippen molar-refractivity contribution in [2.45, 2.75) is 43.9 Å². The Morgan fingerprint density at radius 2 is 2.44 bits per heavy atom. The van der Waals surface area contributed by atoms with Gasteiger partial charge in [-0.05, 0) is 19.3 Å². The molecule has 0 saturated carbocycles. The van der Waals surface area contributed by atoms with Gasteiger partial charge in [-0.25, -0.2) is 4.79 Å². The van der Waals surface area contributed by atoms with E-state index in [0.717, 1.165) is 12.8 Å². The molecule has 0 spiro atoms. The number of ether oxygens (including phenoxy) is 2. The van der Waals surface area contributed by atoms with Gasteiger partial charge < -0.3 is 19.5 Å². The first-order chi connectivity index (χ1) is 7.72. The number of methoxy groups -OCH3 is 1. The van der Waals surface area contributed by atoms with Crippen molar-refractivity contribution in [3.8, 4) is 0 Å². The van der Waals surface area contributed by atoms with Gasteiger partial charge in [0.1, 0.15) is 6.10 Å². The quantitative estimate of drug-likeness (QED) is 0.776. The molecule has 2 fully saturated rings. The largest absolute Gasteiger partial charge is 0.444 e. The Balaban J connectivity index is 2.02. The zero-order valence-corrected chi connectivity index (χ0v) is 9.59. The monoisotopic (exact) mass is 229 g/mol. The van der Waals surface area contributed by atoms with Crippen LogP contribution in [0.2, 0.25) is 0 Å². The van der Waals surface area contributed by atoms with E-state index in [-0.39, 0.29) is 24.3 Å². The third kappa shape index (κ3) is 2.30. The zero-order valence-electron chi connectivity index (χ0n) is 9.59. The van der Waals surface area contributed by atoms with E-state index in [1.807, 2.05) is 0 Å². The van der Waals surface area contributed by atoms with E-state index in [2.05, 4.69) is 0 Å². The van der Waals surface area contributed by atoms with Crippen molar-refractivity contribution in [3.63, 3.8) is 0 Å². The maximum atomic E-state index is 11.6. The van der Waals surface area contributed by atoms with E-state index in [0.29, 0.717) is 26.0 Å². The zero-order chi connectivity index (χ0) is 11.5. The topological polar surface area (TPSA) is 59.0 Å². The van der Waals surface area contributed by atoms with Crippen molar-refractivity contribution in [1.29, 1.82) is 0 Å². The second kappa shape index (κ2) is 5.01. The molecule has 2 rings (SSSR count). The Hall–Kier alpha value is -0.810. The molecule has 0 aliphatic carbocycles. The molecule has 0 aromatic heterocycles. The molecule has 1 amide bonds. The highest BCUT2D eigenvalue weighted by molar-refractivity contribution is 5.70. The van der Waals surface area contributed by atoms with Crippen molar-refractivity contribution in [2.24, 2.45) is 0 Å². The molecule has 2 aliphatic rings. The van der Waals surface area contributed by atoms with E-state index in [9.17, 15) is 9.90 Å². The predicted octanol–water partition coefficient (Wildman–Crippen LogP) is 0.757. The lowest BCUT2D eigenvalue weighted by Crippen LogP contribution is -2.37. The van der Waals surface area contributed by atoms with Crippen molar-refractivity contribution < 1.29 is 19.4 Å². The van der Waals surface area contributed by atoms with Crippen LogP contribution in [0, 0.1) is 0 Å². The highest BCUT2D eigenvalue weighted by Crippen LogP contribution is 2.29. The standard InChI is InChI=1S/C11H19NO4/c1-15-6-4-10-9-7-8(13)3-2-5-12(9)11(14)16-10/h8-10,13H,2-7H2,1H3/t8?,9?,10-/m1/s1. The number of cyclic esters (lactones) is 1. The smallest absolute Gasteiger partial charge is 0.410 e. The Morgan fingerprint density at radius 1 is 1.62 bits per heavy atom. The number of carbonyl (C=O) groups excluding carboxylic acids is 1. The normalized spacial score (nSPS) is 34.5. The maximum Gasteiger partial charge on any atom is 0.410 e. The highest BCUT2D eigenvalue weighted by Gasteiger charge is 2.43. The lowest BCUT2D eigenvalue weighted by Gasteiger charge is -2.22. The van der Waals surface area contributed by atoms with Gasteiger partial charge in [0.2, 0.25) is 0 Å². The van der Waals surface area contributed by atoms with Gasteiger partial charge in [-0.3, -0.25) is 0 Å². The molecule has 0 aromatic carbocycles. The fraction of sp³-hybridized carbons (Fsp3) is 0.909. The second-order valence-corrected chi connectivity index (χ2v) is 4.50. The van der Waals surface area contributed by atoms with Crippen LogP contribution < -0.4 is 0 Å². The molecule has 5 heteroatoms. The predicted molar refractivity (Wildman–Crippen MR) is 57.1 cm³/mol. The summed E-state index contributed by atoms with van der Waals surface area (Å²) >= 11 is 0. The van der Waals surface area contributed by atoms with Gasteiger partial charge in [-0.2, -0.15) is 0 Å². The molecule has 5 nitrogen and oxygen atoms in total. The molecule has 92 valence electrons. The first kappa shape index (κ1) is 11.7. The van der Waals surface area contributed by atoms with Crippen LogP contribution in [-0.4, -0.2) is 54.6 Å². The summed E-state index contributed by atoms with van der Waals surface area (Å²) in [5, 5.41) is 9.74. The Morgan fingerprint density at radius 3 is 3.19 bits per heavy atom. The summed E-state index contributed by atoms with van der Waals surface area (Å²) in [4.78, 5) is 13.4. The Kier molecular flexibility index (Phi) is 3.66. The van der Waals surface area contributed by atoms with Crippen molar-refractivity contribution >= 4 is 6.09 Å². The first-order valence-electron chi connectivity index (χ1n) is 5.86. The molecular formula is C11H19NO4. The van der Waals surface area contributed by atoms with Gasteiger partial charge in [-0.1, -0.05) is 0 Å². The minimum atomic E-state index is -0.311. The van der Waals surface area contributed by atoms with Crippen LogP contribution in [-0.2, 0) is 9.47 Å². The average Bonchev–Trinajstić information content (AvgIpc) is 2.46. The average molecular weight is 229 g/mol. The third-order valence-corrected chi connectivity index (χ3v) is 3.37. The van der Waals surface area contributed by atoms with Crippen LogP contribution >= 0.6 is 0 Å². The third-order valence-electron chi connectivity index (χ3n) is 3.37. The number of aliphatic hydroxyl groups is 1. The van der Waals surface area contributed by atoms with Gasteiger partial charge >= 0.3 is 6.09 Å². The number of fused-ring (bicyclic) bond motifs is 1. The molecule has 2 heterocycles. The number of hydrogen-bond donors (Lipinski definition) is 1. The van der Waals surface area contributed by atoms with Crippen LogP contribution in [0.15, 0.2) is 0 Å². The molecule has 1 N–H and O–H groups in total. The van der Waals surface area contributed by atoms with E-state index < -0.39 is 0 Å². The van der Waals surface area contributed by atoms with Gasteiger partial charge in [0.25, 0.3) is 0 Å². The van der Waals surface area contributed by atoms with E-state index >= 15 is 0 Å². The number of amides is 1. The summed E-state index contributed by atoms with van der Waals surface area (Å²) < 4.78 is 10.3. The number of carbonyl (C=O) groups is 1. The number of aliphatic hydroxyl groups excluding tert-OH is 1. The summed E-state index contributed by atoms with van der Waals surface area (Å²) in [5.41, 5.74) is 0. The molecule has 0 bridgehead atoms. The molecule has 3 atom stereocenters. The van der Waals surface area contributed by atoms with Crippen molar-refractivity contribution in [3.05, 3.63) is 0 Å². The SMILES string of the molecule is COCC[C@H]1OC(=O)N2CCCC(O)CC12. The number of hydrogen-bond acceptors (Lipinski definition) is 4. The summed E-state index contributed by atoms with van der Waals surface area (Å²) in [6.45, 7) is 1.28. The fourth-order valence-electron chi connectivity index (χ4n) is 2.53. The number of nitrogens with zero attached hydrogens (tertiary/aromatic N) is 1. The van der Waals surface area contributed by atoms with Crippen molar-refractivity contribution in [2.75, 3.05) is 20.3 Å². The molecule has 0 aromatic rings. The van der Waals surface area contributed by atoms with Crippen molar-refractivity contribution in [1.82, 2.24) is 4.90 Å². The van der Waals surface area contributed by atoms with Gasteiger partial charge in [0.05, 0.1) is 12.1 Å². The summed E-state index contributed by atoms with van der Waals surface area (Å²) in [6.07, 6.45) is 2.28. The van der Waals surface area contributed by atoms with E-state index in [4.69, 9.17) is 9.47 Å². The second-order valence-electron chi connectivity index (χ2n) is 4.50. The van der Waals surface area contributed by atoms with Gasteiger partial charge in [-0.15, -0.1) is 0 Å². The molecule has 2 unspecified atom stereocenters. The first-order valence-corrected chi connectivity index (χ1v) is 5.86. The molecule has 16 heavy (non-hydrogen) atoms. The van der Waals surface area contributed by atoms with Crippen LogP contribution in [0.5, 0.6) is 0 Å². The van der Waals surface area contributed by atoms with Crippen LogP contribution in [0.25, 0.3) is 0 Å². The van der Waals surface area contributed by atoms with E-state index in [1.165, 1.54) is 0 Å². The van der Waals surface area contributed by atoms with E-state index in [1.54, 1.807) is 12.0 Å². The van der Waals surface area contributed by atoms with Crippen LogP contribution in [0.3, 0.4) is 0 Å². The fourth-order valence-corrected chi connectivity index (χ4v) is 2.53. The lowest BCUT2D eigenvalue weighted by atomic mass is 10.0. The van der Waals surface area contributed by atoms with Crippen LogP contribution in [0.1, 0.15) is 25.7 Å². The minimum Gasteiger partial charge on any atom is -0.444 e. The molecule has 2 saturated heterocycles. The summed E-state index contributed by atoms with van der Waals surface area (Å²) in [6, 6.07) is 0.0279. The highest BCUT2D eigenvalue weighted by atomic mass is 16.6. The summed E-state index contributed by atoms with van der Waals surface area (Å²) in [7, 11) is 1.64. The molecular weight excluding hydrogens is 210 g/mol. The van der Waals surface area contributed by atoms with Gasteiger partial charge in [0.15, 0.2) is 0 Å². The Bertz CT molecular complexity index is 258. The van der Waals surface area contributed by atoms with Gasteiger partial charge in [0, 0.05) is 26.7 Å². The number of rotatable bonds is 3.